The number of rotatable bonds is 2. The molecule has 1 aliphatic carbocycles. The molecule has 0 saturated heterocycles. The lowest BCUT2D eigenvalue weighted by atomic mass is 9.93. The van der Waals surface area contributed by atoms with Gasteiger partial charge in [0.1, 0.15) is 11.3 Å². The molecule has 0 saturated carbocycles. The summed E-state index contributed by atoms with van der Waals surface area (Å²) in [6.45, 7) is 1.91. The van der Waals surface area contributed by atoms with Gasteiger partial charge in [0.05, 0.1) is 12.7 Å². The molecule has 1 aromatic heterocycles. The molecule has 0 radical (unpaired) electrons. The summed E-state index contributed by atoms with van der Waals surface area (Å²) in [5.41, 5.74) is 2.40. The normalized spacial score (nSPS) is 14.4. The molecule has 0 spiro atoms. The van der Waals surface area contributed by atoms with E-state index in [1.807, 2.05) is 31.2 Å². The molecule has 0 N–H and O–H groups in total. The van der Waals surface area contributed by atoms with Crippen molar-refractivity contribution >= 4 is 33.6 Å². The molecular weight excluding hydrogens is 284 g/mol. The lowest BCUT2D eigenvalue weighted by Gasteiger charge is -2.14. The number of methoxy groups -OCH3 is 1. The lowest BCUT2D eigenvalue weighted by molar-refractivity contribution is 0.415. The Bertz CT molecular complexity index is 856. The van der Waals surface area contributed by atoms with Crippen LogP contribution in [-0.2, 0) is 0 Å². The maximum absolute atomic E-state index is 12.3. The molecule has 0 unspecified atom stereocenters. The van der Waals surface area contributed by atoms with Crippen LogP contribution in [0.1, 0.15) is 17.5 Å². The summed E-state index contributed by atoms with van der Waals surface area (Å²) in [4.78, 5) is 13.1. The Balaban J connectivity index is 2.33. The Hall–Kier alpha value is -2.20. The fourth-order valence-corrected chi connectivity index (χ4v) is 2.80. The van der Waals surface area contributed by atoms with Gasteiger partial charge in [-0.2, -0.15) is 0 Å². The van der Waals surface area contributed by atoms with Crippen LogP contribution >= 0.6 is 12.2 Å². The van der Waals surface area contributed by atoms with Gasteiger partial charge in [0, 0.05) is 22.2 Å². The van der Waals surface area contributed by atoms with Gasteiger partial charge in [0.2, 0.25) is 0 Å². The number of thiocarbonyl (C=S) groups is 1. The van der Waals surface area contributed by atoms with Gasteiger partial charge in [-0.3, -0.25) is 0 Å². The molecule has 0 amide bonds. The first-order chi connectivity index (χ1) is 10.1. The van der Waals surface area contributed by atoms with E-state index in [-0.39, 0.29) is 5.63 Å². The van der Waals surface area contributed by atoms with Gasteiger partial charge in [0.25, 0.3) is 0 Å². The Morgan fingerprint density at radius 1 is 1.33 bits per heavy atom. The van der Waals surface area contributed by atoms with Crippen molar-refractivity contribution in [2.75, 3.05) is 7.11 Å². The first kappa shape index (κ1) is 13.8. The van der Waals surface area contributed by atoms with Crippen LogP contribution in [0.25, 0.3) is 16.5 Å². The van der Waals surface area contributed by atoms with Crippen molar-refractivity contribution in [1.82, 2.24) is 0 Å². The fraction of sp³-hybridized carbons (Fsp3) is 0.176. The second kappa shape index (κ2) is 5.30. The molecule has 4 heteroatoms. The number of fused-ring (bicyclic) bond motifs is 1. The average Bonchev–Trinajstić information content (AvgIpc) is 2.49. The van der Waals surface area contributed by atoms with Crippen LogP contribution < -0.4 is 10.4 Å². The van der Waals surface area contributed by atoms with Crippen molar-refractivity contribution in [3.05, 3.63) is 58.0 Å². The van der Waals surface area contributed by atoms with Crippen LogP contribution in [0.2, 0.25) is 0 Å². The summed E-state index contributed by atoms with van der Waals surface area (Å²) >= 11 is 5.37. The number of ether oxygens (including phenoxy) is 1. The topological polar surface area (TPSA) is 39.4 Å². The van der Waals surface area contributed by atoms with Gasteiger partial charge in [0.15, 0.2) is 0 Å². The molecule has 1 heterocycles. The van der Waals surface area contributed by atoms with E-state index in [1.54, 1.807) is 19.2 Å². The van der Waals surface area contributed by atoms with Gasteiger partial charge in [-0.25, -0.2) is 4.79 Å². The summed E-state index contributed by atoms with van der Waals surface area (Å²) in [5.74, 6) is 0.727. The van der Waals surface area contributed by atoms with Gasteiger partial charge in [-0.1, -0.05) is 30.4 Å². The van der Waals surface area contributed by atoms with E-state index in [2.05, 4.69) is 0 Å². The van der Waals surface area contributed by atoms with Gasteiger partial charge >= 0.3 is 5.63 Å². The Morgan fingerprint density at radius 2 is 2.14 bits per heavy atom. The van der Waals surface area contributed by atoms with Crippen molar-refractivity contribution in [2.24, 2.45) is 0 Å². The van der Waals surface area contributed by atoms with Gasteiger partial charge < -0.3 is 9.15 Å². The van der Waals surface area contributed by atoms with Crippen molar-refractivity contribution in [1.29, 1.82) is 0 Å². The lowest BCUT2D eigenvalue weighted by Crippen LogP contribution is -2.14. The summed E-state index contributed by atoms with van der Waals surface area (Å²) in [6.07, 6.45) is 6.44. The molecule has 3 nitrogen and oxygen atoms in total. The van der Waals surface area contributed by atoms with Crippen molar-refractivity contribution < 1.29 is 9.15 Å². The summed E-state index contributed by atoms with van der Waals surface area (Å²) in [7, 11) is 1.61. The minimum absolute atomic E-state index is 0.353. The number of aryl methyl sites for hydroxylation is 1. The molecule has 1 aromatic carbocycles. The molecule has 0 fully saturated rings. The summed E-state index contributed by atoms with van der Waals surface area (Å²) < 4.78 is 10.7. The van der Waals surface area contributed by atoms with E-state index < -0.39 is 0 Å². The predicted octanol–water partition coefficient (Wildman–Crippen LogP) is 3.82. The summed E-state index contributed by atoms with van der Waals surface area (Å²) in [5, 5.41) is 0.863. The molecule has 21 heavy (non-hydrogen) atoms. The van der Waals surface area contributed by atoms with Crippen molar-refractivity contribution in [3.63, 3.8) is 0 Å². The zero-order chi connectivity index (χ0) is 15.0. The number of allylic oxidation sites excluding steroid dienone is 4. The predicted molar refractivity (Wildman–Crippen MR) is 88.1 cm³/mol. The van der Waals surface area contributed by atoms with Crippen LogP contribution in [0.3, 0.4) is 0 Å². The molecule has 1 aliphatic rings. The highest BCUT2D eigenvalue weighted by molar-refractivity contribution is 7.81. The minimum atomic E-state index is -0.353. The van der Waals surface area contributed by atoms with Gasteiger partial charge in [-0.05, 0) is 30.7 Å². The minimum Gasteiger partial charge on any atom is -0.497 e. The van der Waals surface area contributed by atoms with E-state index in [9.17, 15) is 4.79 Å². The number of hydrogen-bond donors (Lipinski definition) is 0. The van der Waals surface area contributed by atoms with E-state index in [0.29, 0.717) is 17.6 Å². The third-order valence-corrected chi connectivity index (χ3v) is 4.03. The SMILES string of the molecule is COc1ccc2oc(=O)c(C3=CC=CCC3=S)c(C)c2c1. The zero-order valence-corrected chi connectivity index (χ0v) is 12.6. The second-order valence-corrected chi connectivity index (χ2v) is 5.38. The first-order valence-corrected chi connectivity index (χ1v) is 7.04. The average molecular weight is 298 g/mol. The zero-order valence-electron chi connectivity index (χ0n) is 11.8. The molecule has 0 atom stereocenters. The first-order valence-electron chi connectivity index (χ1n) is 6.63. The maximum atomic E-state index is 12.3. The van der Waals surface area contributed by atoms with Crippen LogP contribution in [0.15, 0.2) is 45.6 Å². The van der Waals surface area contributed by atoms with Crippen LogP contribution in [0, 0.1) is 6.92 Å². The largest absolute Gasteiger partial charge is 0.497 e. The van der Waals surface area contributed by atoms with E-state index in [1.165, 1.54) is 0 Å². The number of benzene rings is 1. The summed E-state index contributed by atoms with van der Waals surface area (Å²) in [6, 6.07) is 5.40. The van der Waals surface area contributed by atoms with Crippen LogP contribution in [-0.4, -0.2) is 12.0 Å². The van der Waals surface area contributed by atoms with E-state index in [4.69, 9.17) is 21.4 Å². The Kier molecular flexibility index (Phi) is 3.47. The number of hydrogen-bond acceptors (Lipinski definition) is 4. The van der Waals surface area contributed by atoms with Crippen LogP contribution in [0.5, 0.6) is 5.75 Å². The standard InChI is InChI=1S/C17H14O3S/c1-10-13-9-11(19-2)7-8-14(13)20-17(18)16(10)12-5-3-4-6-15(12)21/h3-5,7-9H,6H2,1-2H3. The van der Waals surface area contributed by atoms with E-state index in [0.717, 1.165) is 27.1 Å². The van der Waals surface area contributed by atoms with Crippen molar-refractivity contribution in [3.8, 4) is 5.75 Å². The monoisotopic (exact) mass is 298 g/mol. The Labute approximate surface area is 127 Å². The van der Waals surface area contributed by atoms with Gasteiger partial charge in [-0.15, -0.1) is 0 Å². The molecule has 2 aromatic rings. The smallest absolute Gasteiger partial charge is 0.344 e. The highest BCUT2D eigenvalue weighted by Gasteiger charge is 2.19. The third-order valence-electron chi connectivity index (χ3n) is 3.64. The molecular formula is C17H14O3S. The van der Waals surface area contributed by atoms with E-state index >= 15 is 0 Å². The fourth-order valence-electron chi connectivity index (χ4n) is 2.53. The Morgan fingerprint density at radius 3 is 2.86 bits per heavy atom. The second-order valence-electron chi connectivity index (χ2n) is 4.89. The maximum Gasteiger partial charge on any atom is 0.344 e. The third kappa shape index (κ3) is 2.32. The quantitative estimate of drug-likeness (QED) is 0.624. The van der Waals surface area contributed by atoms with Crippen molar-refractivity contribution in [2.45, 2.75) is 13.3 Å². The molecule has 106 valence electrons. The highest BCUT2D eigenvalue weighted by Crippen LogP contribution is 2.29. The molecule has 3 rings (SSSR count). The van der Waals surface area contributed by atoms with Crippen LogP contribution in [0.4, 0.5) is 0 Å². The molecule has 0 bridgehead atoms. The molecule has 0 aliphatic heterocycles. The highest BCUT2D eigenvalue weighted by atomic mass is 32.1.